The van der Waals surface area contributed by atoms with Crippen LogP contribution in [-0.4, -0.2) is 77.4 Å². The average molecular weight is 482 g/mol. The SMILES string of the molecule is N#Cc1ccc(C(=O)N2CCCC23CCCN(CC2CCCO2)CC3)cc1.O=C(O)C(F)(F)F. The van der Waals surface area contributed by atoms with Crippen molar-refractivity contribution in [3.05, 3.63) is 35.4 Å². The highest BCUT2D eigenvalue weighted by Crippen LogP contribution is 2.39. The van der Waals surface area contributed by atoms with Gasteiger partial charge in [-0.1, -0.05) is 0 Å². The fourth-order valence-corrected chi connectivity index (χ4v) is 5.11. The number of amides is 1. The smallest absolute Gasteiger partial charge is 0.475 e. The minimum atomic E-state index is -5.08. The summed E-state index contributed by atoms with van der Waals surface area (Å²) in [5, 5.41) is 16.1. The van der Waals surface area contributed by atoms with Crippen molar-refractivity contribution in [3.8, 4) is 6.07 Å². The van der Waals surface area contributed by atoms with Gasteiger partial charge in [0.25, 0.3) is 5.91 Å². The number of ether oxygens (including phenoxy) is 1. The number of benzene rings is 1. The lowest BCUT2D eigenvalue weighted by Crippen LogP contribution is -2.48. The number of hydrogen-bond donors (Lipinski definition) is 1. The van der Waals surface area contributed by atoms with E-state index in [0.29, 0.717) is 17.2 Å². The Morgan fingerprint density at radius 1 is 1.09 bits per heavy atom. The second-order valence-electron chi connectivity index (χ2n) is 9.07. The third-order valence-corrected chi connectivity index (χ3v) is 6.84. The maximum Gasteiger partial charge on any atom is 0.490 e. The number of carboxylic acids is 1. The van der Waals surface area contributed by atoms with Crippen molar-refractivity contribution in [2.24, 2.45) is 0 Å². The van der Waals surface area contributed by atoms with Crippen LogP contribution < -0.4 is 0 Å². The summed E-state index contributed by atoms with van der Waals surface area (Å²) in [6.45, 7) is 4.97. The predicted molar refractivity (Wildman–Crippen MR) is 117 cm³/mol. The Balaban J connectivity index is 0.000000406. The summed E-state index contributed by atoms with van der Waals surface area (Å²) in [5.74, 6) is -2.63. The van der Waals surface area contributed by atoms with E-state index in [9.17, 15) is 18.0 Å². The summed E-state index contributed by atoms with van der Waals surface area (Å²) < 4.78 is 37.6. The Morgan fingerprint density at radius 2 is 1.74 bits per heavy atom. The number of nitriles is 1. The van der Waals surface area contributed by atoms with Crippen LogP contribution >= 0.6 is 0 Å². The summed E-state index contributed by atoms with van der Waals surface area (Å²) in [6, 6.07) is 9.20. The third-order valence-electron chi connectivity index (χ3n) is 6.84. The number of rotatable bonds is 3. The number of hydrogen-bond acceptors (Lipinski definition) is 5. The summed E-state index contributed by atoms with van der Waals surface area (Å²) in [7, 11) is 0. The maximum absolute atomic E-state index is 13.2. The molecule has 7 nitrogen and oxygen atoms in total. The first kappa shape index (κ1) is 26.0. The zero-order valence-electron chi connectivity index (χ0n) is 19.0. The molecule has 3 heterocycles. The molecule has 4 rings (SSSR count). The van der Waals surface area contributed by atoms with Crippen molar-refractivity contribution in [1.82, 2.24) is 9.80 Å². The highest BCUT2D eigenvalue weighted by molar-refractivity contribution is 5.95. The molecule has 34 heavy (non-hydrogen) atoms. The molecule has 2 unspecified atom stereocenters. The molecule has 3 fully saturated rings. The summed E-state index contributed by atoms with van der Waals surface area (Å²) in [4.78, 5) is 26.8. The van der Waals surface area contributed by atoms with Crippen LogP contribution in [0.5, 0.6) is 0 Å². The molecule has 2 atom stereocenters. The normalized spacial score (nSPS) is 25.4. The van der Waals surface area contributed by atoms with Crippen LogP contribution in [0, 0.1) is 11.3 Å². The molecule has 1 N–H and O–H groups in total. The first-order valence-corrected chi connectivity index (χ1v) is 11.6. The van der Waals surface area contributed by atoms with Crippen molar-refractivity contribution in [2.45, 2.75) is 62.8 Å². The van der Waals surface area contributed by atoms with Gasteiger partial charge in [0.1, 0.15) is 0 Å². The summed E-state index contributed by atoms with van der Waals surface area (Å²) in [6.07, 6.45) is 3.19. The molecule has 0 radical (unpaired) electrons. The molecule has 0 saturated carbocycles. The molecule has 1 amide bonds. The molecule has 0 bridgehead atoms. The maximum atomic E-state index is 13.2. The Kier molecular flexibility index (Phi) is 8.55. The molecule has 10 heteroatoms. The van der Waals surface area contributed by atoms with Gasteiger partial charge in [-0.3, -0.25) is 4.79 Å². The van der Waals surface area contributed by atoms with Crippen LogP contribution in [0.1, 0.15) is 60.9 Å². The second kappa shape index (κ2) is 11.2. The van der Waals surface area contributed by atoms with E-state index in [2.05, 4.69) is 15.9 Å². The summed E-state index contributed by atoms with van der Waals surface area (Å²) in [5.41, 5.74) is 1.31. The van der Waals surface area contributed by atoms with E-state index >= 15 is 0 Å². The minimum absolute atomic E-state index is 0.0102. The van der Waals surface area contributed by atoms with Gasteiger partial charge in [-0.05, 0) is 75.8 Å². The van der Waals surface area contributed by atoms with E-state index in [1.54, 1.807) is 24.3 Å². The van der Waals surface area contributed by atoms with Crippen molar-refractivity contribution >= 4 is 11.9 Å². The second-order valence-corrected chi connectivity index (χ2v) is 9.07. The molecule has 3 aliphatic heterocycles. The zero-order valence-corrected chi connectivity index (χ0v) is 19.0. The summed E-state index contributed by atoms with van der Waals surface area (Å²) >= 11 is 0. The van der Waals surface area contributed by atoms with Crippen molar-refractivity contribution < 1.29 is 32.6 Å². The van der Waals surface area contributed by atoms with E-state index in [4.69, 9.17) is 19.9 Å². The Labute approximate surface area is 197 Å². The molecule has 186 valence electrons. The number of likely N-dealkylation sites (tertiary alicyclic amines) is 2. The average Bonchev–Trinajstić information content (AvgIpc) is 3.42. The van der Waals surface area contributed by atoms with Gasteiger partial charge < -0.3 is 19.6 Å². The van der Waals surface area contributed by atoms with Crippen LogP contribution in [0.2, 0.25) is 0 Å². The largest absolute Gasteiger partial charge is 0.490 e. The van der Waals surface area contributed by atoms with Gasteiger partial charge in [0.2, 0.25) is 0 Å². The number of alkyl halides is 3. The number of carboxylic acid groups (broad SMARTS) is 1. The lowest BCUT2D eigenvalue weighted by Gasteiger charge is -2.38. The van der Waals surface area contributed by atoms with Gasteiger partial charge >= 0.3 is 12.1 Å². The predicted octanol–water partition coefficient (Wildman–Crippen LogP) is 3.83. The lowest BCUT2D eigenvalue weighted by molar-refractivity contribution is -0.192. The number of carbonyl (C=O) groups excluding carboxylic acids is 1. The Morgan fingerprint density at radius 3 is 2.29 bits per heavy atom. The highest BCUT2D eigenvalue weighted by Gasteiger charge is 2.44. The third kappa shape index (κ3) is 6.48. The zero-order chi connectivity index (χ0) is 24.8. The molecule has 0 aromatic heterocycles. The highest BCUT2D eigenvalue weighted by atomic mass is 19.4. The molecule has 3 saturated heterocycles. The van der Waals surface area contributed by atoms with E-state index in [0.717, 1.165) is 64.9 Å². The first-order chi connectivity index (χ1) is 16.1. The Bertz CT molecular complexity index is 894. The standard InChI is InChI=1S/C22H29N3O2.C2HF3O2/c23-16-18-5-7-19(8-6-18)21(26)25-13-3-10-22(25)9-2-12-24(14-11-22)17-20-4-1-15-27-20;3-2(4,5)1(6)7/h5-8,20H,1-4,9-15,17H2;(H,6,7). The molecule has 3 aliphatic rings. The number of carbonyl (C=O) groups is 2. The van der Waals surface area contributed by atoms with E-state index < -0.39 is 12.1 Å². The number of aliphatic carboxylic acids is 1. The topological polar surface area (TPSA) is 93.9 Å². The lowest BCUT2D eigenvalue weighted by atomic mass is 9.87. The fourth-order valence-electron chi connectivity index (χ4n) is 5.11. The number of nitrogens with zero attached hydrogens (tertiary/aromatic N) is 3. The van der Waals surface area contributed by atoms with Crippen LogP contribution in [0.25, 0.3) is 0 Å². The van der Waals surface area contributed by atoms with Gasteiger partial charge in [0.15, 0.2) is 0 Å². The van der Waals surface area contributed by atoms with Crippen molar-refractivity contribution in [2.75, 3.05) is 32.8 Å². The Hall–Kier alpha value is -2.64. The molecular weight excluding hydrogens is 451 g/mol. The van der Waals surface area contributed by atoms with Crippen molar-refractivity contribution in [1.29, 1.82) is 5.26 Å². The number of halogens is 3. The van der Waals surface area contributed by atoms with Crippen LogP contribution in [0.4, 0.5) is 13.2 Å². The van der Waals surface area contributed by atoms with Gasteiger partial charge in [0, 0.05) is 37.3 Å². The van der Waals surface area contributed by atoms with Gasteiger partial charge in [-0.2, -0.15) is 18.4 Å². The van der Waals surface area contributed by atoms with Crippen LogP contribution in [0.15, 0.2) is 24.3 Å². The molecule has 1 aromatic rings. The molecular formula is C24H30F3N3O4. The molecule has 0 aliphatic carbocycles. The van der Waals surface area contributed by atoms with E-state index in [1.165, 1.54) is 12.8 Å². The first-order valence-electron chi connectivity index (χ1n) is 11.6. The van der Waals surface area contributed by atoms with Crippen molar-refractivity contribution in [3.63, 3.8) is 0 Å². The van der Waals surface area contributed by atoms with Crippen LogP contribution in [-0.2, 0) is 9.53 Å². The quantitative estimate of drug-likeness (QED) is 0.705. The van der Waals surface area contributed by atoms with Gasteiger partial charge in [-0.25, -0.2) is 4.79 Å². The molecule has 1 spiro atoms. The van der Waals surface area contributed by atoms with Gasteiger partial charge in [-0.15, -0.1) is 0 Å². The minimum Gasteiger partial charge on any atom is -0.475 e. The van der Waals surface area contributed by atoms with E-state index in [-0.39, 0.29) is 11.4 Å². The van der Waals surface area contributed by atoms with E-state index in [1.807, 2.05) is 0 Å². The van der Waals surface area contributed by atoms with Gasteiger partial charge in [0.05, 0.1) is 17.7 Å². The fraction of sp³-hybridized carbons (Fsp3) is 0.625. The van der Waals surface area contributed by atoms with Crippen LogP contribution in [0.3, 0.4) is 0 Å². The molecule has 1 aromatic carbocycles. The monoisotopic (exact) mass is 481 g/mol.